The fraction of sp³-hybridized carbons (Fsp3) is 0.263. The van der Waals surface area contributed by atoms with Crippen LogP contribution in [0.15, 0.2) is 42.5 Å². The number of hydrogen-bond acceptors (Lipinski definition) is 4. The molecule has 0 saturated heterocycles. The van der Waals surface area contributed by atoms with Gasteiger partial charge in [0.25, 0.3) is 5.91 Å². The molecule has 0 atom stereocenters. The van der Waals surface area contributed by atoms with Crippen LogP contribution in [0.1, 0.15) is 21.5 Å². The first kappa shape index (κ1) is 18.8. The number of amides is 1. The number of hydrogen-bond donors (Lipinski definition) is 1. The van der Waals surface area contributed by atoms with Gasteiger partial charge in [0.1, 0.15) is 12.4 Å². The summed E-state index contributed by atoms with van der Waals surface area (Å²) < 4.78 is 10.5. The third-order valence-corrected chi connectivity index (χ3v) is 3.71. The molecular weight excluding hydrogens is 342 g/mol. The fourth-order valence-electron chi connectivity index (χ4n) is 2.11. The van der Waals surface area contributed by atoms with Crippen LogP contribution >= 0.6 is 11.6 Å². The summed E-state index contributed by atoms with van der Waals surface area (Å²) in [4.78, 5) is 23.8. The minimum atomic E-state index is -0.506. The molecule has 0 aliphatic rings. The molecule has 0 bridgehead atoms. The van der Waals surface area contributed by atoms with Crippen molar-refractivity contribution in [2.75, 3.05) is 19.8 Å². The maximum absolute atomic E-state index is 12.0. The molecule has 0 radical (unpaired) electrons. The minimum absolute atomic E-state index is 0.304. The van der Waals surface area contributed by atoms with E-state index in [-0.39, 0.29) is 12.5 Å². The lowest BCUT2D eigenvalue weighted by Gasteiger charge is -2.09. The van der Waals surface area contributed by atoms with Crippen LogP contribution < -0.4 is 10.1 Å². The highest BCUT2D eigenvalue weighted by Gasteiger charge is 2.12. The molecule has 5 nitrogen and oxygen atoms in total. The highest BCUT2D eigenvalue weighted by molar-refractivity contribution is 6.30. The van der Waals surface area contributed by atoms with Crippen LogP contribution in [-0.4, -0.2) is 31.6 Å². The molecule has 1 N–H and O–H groups in total. The van der Waals surface area contributed by atoms with Crippen molar-refractivity contribution in [2.24, 2.45) is 0 Å². The van der Waals surface area contributed by atoms with Crippen molar-refractivity contribution < 1.29 is 19.1 Å². The molecule has 2 aromatic rings. The van der Waals surface area contributed by atoms with Gasteiger partial charge in [-0.1, -0.05) is 29.3 Å². The Bertz CT molecular complexity index is 744. The van der Waals surface area contributed by atoms with E-state index in [2.05, 4.69) is 5.32 Å². The lowest BCUT2D eigenvalue weighted by molar-refractivity contribution is -0.124. The number of esters is 1. The van der Waals surface area contributed by atoms with Gasteiger partial charge < -0.3 is 14.8 Å². The van der Waals surface area contributed by atoms with E-state index < -0.39 is 5.97 Å². The zero-order valence-corrected chi connectivity index (χ0v) is 14.9. The summed E-state index contributed by atoms with van der Waals surface area (Å²) in [6, 6.07) is 12.5. The Morgan fingerprint density at radius 1 is 1.08 bits per heavy atom. The summed E-state index contributed by atoms with van der Waals surface area (Å²) in [5.41, 5.74) is 2.24. The summed E-state index contributed by atoms with van der Waals surface area (Å²) in [6.45, 7) is 4.00. The van der Waals surface area contributed by atoms with E-state index >= 15 is 0 Å². The summed E-state index contributed by atoms with van der Waals surface area (Å²) >= 11 is 5.78. The van der Waals surface area contributed by atoms with Crippen LogP contribution in [0, 0.1) is 13.8 Å². The molecule has 132 valence electrons. The first-order valence-electron chi connectivity index (χ1n) is 7.85. The van der Waals surface area contributed by atoms with Gasteiger partial charge in [0, 0.05) is 5.02 Å². The number of benzene rings is 2. The van der Waals surface area contributed by atoms with Crippen LogP contribution in [-0.2, 0) is 9.53 Å². The molecule has 0 aliphatic carbocycles. The Morgan fingerprint density at radius 2 is 1.80 bits per heavy atom. The SMILES string of the molecule is Cc1ccc(C)c(C(=O)OCC(=O)NCCOc2ccc(Cl)cc2)c1. The second-order valence-electron chi connectivity index (χ2n) is 5.55. The predicted octanol–water partition coefficient (Wildman–Crippen LogP) is 3.31. The zero-order chi connectivity index (χ0) is 18.2. The first-order valence-corrected chi connectivity index (χ1v) is 8.23. The molecule has 0 heterocycles. The number of nitrogens with one attached hydrogen (secondary N) is 1. The van der Waals surface area contributed by atoms with Gasteiger partial charge in [0.05, 0.1) is 12.1 Å². The molecule has 0 fully saturated rings. The van der Waals surface area contributed by atoms with Gasteiger partial charge in [-0.15, -0.1) is 0 Å². The minimum Gasteiger partial charge on any atom is -0.492 e. The van der Waals surface area contributed by atoms with Crippen LogP contribution in [0.25, 0.3) is 0 Å². The highest BCUT2D eigenvalue weighted by atomic mass is 35.5. The molecule has 2 aromatic carbocycles. The normalized spacial score (nSPS) is 10.2. The summed E-state index contributed by atoms with van der Waals surface area (Å²) in [5.74, 6) is -0.216. The van der Waals surface area contributed by atoms with Gasteiger partial charge in [0.2, 0.25) is 0 Å². The van der Waals surface area contributed by atoms with Gasteiger partial charge >= 0.3 is 5.97 Å². The third kappa shape index (κ3) is 6.12. The maximum Gasteiger partial charge on any atom is 0.338 e. The average molecular weight is 362 g/mol. The Kier molecular flexibility index (Phi) is 6.83. The molecule has 1 amide bonds. The Hall–Kier alpha value is -2.53. The monoisotopic (exact) mass is 361 g/mol. The van der Waals surface area contributed by atoms with Crippen LogP contribution in [0.5, 0.6) is 5.75 Å². The smallest absolute Gasteiger partial charge is 0.338 e. The summed E-state index contributed by atoms with van der Waals surface area (Å²) in [5, 5.41) is 3.26. The van der Waals surface area contributed by atoms with Crippen molar-refractivity contribution in [3.8, 4) is 5.75 Å². The average Bonchev–Trinajstić information content (AvgIpc) is 2.60. The molecule has 0 aliphatic heterocycles. The second kappa shape index (κ2) is 9.08. The second-order valence-corrected chi connectivity index (χ2v) is 5.98. The predicted molar refractivity (Wildman–Crippen MR) is 96.2 cm³/mol. The van der Waals surface area contributed by atoms with Gasteiger partial charge in [-0.05, 0) is 49.7 Å². The van der Waals surface area contributed by atoms with E-state index in [1.807, 2.05) is 26.0 Å². The van der Waals surface area contributed by atoms with E-state index in [0.717, 1.165) is 11.1 Å². The lowest BCUT2D eigenvalue weighted by atomic mass is 10.1. The molecule has 2 rings (SSSR count). The Morgan fingerprint density at radius 3 is 2.52 bits per heavy atom. The molecular formula is C19H20ClNO4. The van der Waals surface area contributed by atoms with Crippen molar-refractivity contribution in [3.05, 3.63) is 64.2 Å². The highest BCUT2D eigenvalue weighted by Crippen LogP contribution is 2.15. The quantitative estimate of drug-likeness (QED) is 0.607. The summed E-state index contributed by atoms with van der Waals surface area (Å²) in [7, 11) is 0. The largest absolute Gasteiger partial charge is 0.492 e. The van der Waals surface area contributed by atoms with E-state index in [1.54, 1.807) is 30.3 Å². The number of carbonyl (C=O) groups excluding carboxylic acids is 2. The maximum atomic E-state index is 12.0. The number of carbonyl (C=O) groups is 2. The molecule has 6 heteroatoms. The van der Waals surface area contributed by atoms with Gasteiger partial charge in [-0.2, -0.15) is 0 Å². The van der Waals surface area contributed by atoms with Crippen LogP contribution in [0.3, 0.4) is 0 Å². The molecule has 0 spiro atoms. The van der Waals surface area contributed by atoms with Crippen molar-refractivity contribution in [2.45, 2.75) is 13.8 Å². The molecule has 0 saturated carbocycles. The standard InChI is InChI=1S/C19H20ClNO4/c1-13-3-4-14(2)17(11-13)19(23)25-12-18(22)21-9-10-24-16-7-5-15(20)6-8-16/h3-8,11H,9-10,12H2,1-2H3,(H,21,22). The van der Waals surface area contributed by atoms with E-state index in [0.29, 0.717) is 29.5 Å². The number of ether oxygens (including phenoxy) is 2. The van der Waals surface area contributed by atoms with Crippen LogP contribution in [0.4, 0.5) is 0 Å². The van der Waals surface area contributed by atoms with Crippen molar-refractivity contribution in [1.29, 1.82) is 0 Å². The van der Waals surface area contributed by atoms with E-state index in [9.17, 15) is 9.59 Å². The summed E-state index contributed by atoms with van der Waals surface area (Å²) in [6.07, 6.45) is 0. The van der Waals surface area contributed by atoms with Gasteiger partial charge in [0.15, 0.2) is 6.61 Å². The zero-order valence-electron chi connectivity index (χ0n) is 14.2. The third-order valence-electron chi connectivity index (χ3n) is 3.45. The molecule has 0 aromatic heterocycles. The van der Waals surface area contributed by atoms with Crippen LogP contribution in [0.2, 0.25) is 5.02 Å². The topological polar surface area (TPSA) is 64.6 Å². The van der Waals surface area contributed by atoms with E-state index in [1.165, 1.54) is 0 Å². The van der Waals surface area contributed by atoms with Gasteiger partial charge in [-0.3, -0.25) is 4.79 Å². The van der Waals surface area contributed by atoms with E-state index in [4.69, 9.17) is 21.1 Å². The van der Waals surface area contributed by atoms with Gasteiger partial charge in [-0.25, -0.2) is 4.79 Å². The molecule has 25 heavy (non-hydrogen) atoms. The Balaban J connectivity index is 1.69. The Labute approximate surface area is 151 Å². The van der Waals surface area contributed by atoms with Crippen molar-refractivity contribution in [3.63, 3.8) is 0 Å². The number of halogens is 1. The lowest BCUT2D eigenvalue weighted by Crippen LogP contribution is -2.32. The fourth-order valence-corrected chi connectivity index (χ4v) is 2.23. The van der Waals surface area contributed by atoms with Crippen molar-refractivity contribution in [1.82, 2.24) is 5.32 Å². The number of rotatable bonds is 7. The number of aryl methyl sites for hydroxylation is 2. The molecule has 0 unspecified atom stereocenters. The first-order chi connectivity index (χ1) is 12.0. The van der Waals surface area contributed by atoms with Crippen molar-refractivity contribution >= 4 is 23.5 Å².